The Hall–Kier alpha value is -2.62. The summed E-state index contributed by atoms with van der Waals surface area (Å²) in [4.78, 5) is 29.9. The number of nitrogens with zero attached hydrogens (tertiary/aromatic N) is 3. The minimum Gasteiger partial charge on any atom is -0.336 e. The number of carbonyl (C=O) groups excluding carboxylic acids is 2. The molecular weight excluding hydrogens is 488 g/mol. The summed E-state index contributed by atoms with van der Waals surface area (Å²) in [6.45, 7) is 3.09. The third-order valence-electron chi connectivity index (χ3n) is 7.20. The first-order valence-electron chi connectivity index (χ1n) is 12.1. The monoisotopic (exact) mass is 516 g/mol. The smallest absolute Gasteiger partial charge is 0.336 e. The maximum absolute atomic E-state index is 13.0. The van der Waals surface area contributed by atoms with Crippen LogP contribution in [0.3, 0.4) is 0 Å². The fraction of sp³-hybridized carbons (Fsp3) is 0.440. The normalized spacial score (nSPS) is 20.9. The Labute approximate surface area is 210 Å². The molecule has 1 aliphatic carbocycles. The third-order valence-corrected chi connectivity index (χ3v) is 9.20. The Morgan fingerprint density at radius 3 is 2.34 bits per heavy atom. The molecular formula is C25H29ClN4O4S. The van der Waals surface area contributed by atoms with Gasteiger partial charge < -0.3 is 10.2 Å². The van der Waals surface area contributed by atoms with Crippen molar-refractivity contribution in [2.45, 2.75) is 49.6 Å². The van der Waals surface area contributed by atoms with E-state index in [2.05, 4.69) is 10.2 Å². The van der Waals surface area contributed by atoms with Gasteiger partial charge in [0.15, 0.2) is 0 Å². The van der Waals surface area contributed by atoms with Gasteiger partial charge in [-0.3, -0.25) is 9.69 Å². The van der Waals surface area contributed by atoms with E-state index in [4.69, 9.17) is 11.6 Å². The largest absolute Gasteiger partial charge is 0.336 e. The van der Waals surface area contributed by atoms with Crippen molar-refractivity contribution in [2.75, 3.05) is 31.5 Å². The van der Waals surface area contributed by atoms with E-state index in [1.165, 1.54) is 50.3 Å². The lowest BCUT2D eigenvalue weighted by Gasteiger charge is -2.40. The van der Waals surface area contributed by atoms with Crippen molar-refractivity contribution in [1.82, 2.24) is 14.1 Å². The molecule has 0 bridgehead atoms. The molecule has 2 heterocycles. The number of fused-ring (bicyclic) bond motifs is 1. The number of hydrogen-bond acceptors (Lipinski definition) is 5. The van der Waals surface area contributed by atoms with Crippen molar-refractivity contribution in [3.05, 3.63) is 58.6 Å². The van der Waals surface area contributed by atoms with E-state index in [-0.39, 0.29) is 28.1 Å². The van der Waals surface area contributed by atoms with E-state index in [1.54, 1.807) is 24.3 Å². The van der Waals surface area contributed by atoms with E-state index in [0.29, 0.717) is 30.3 Å². The number of rotatable bonds is 4. The van der Waals surface area contributed by atoms with Crippen LogP contribution in [-0.2, 0) is 16.6 Å². The summed E-state index contributed by atoms with van der Waals surface area (Å²) in [5, 5.41) is 2.87. The average molecular weight is 517 g/mol. The van der Waals surface area contributed by atoms with Gasteiger partial charge in [0.05, 0.1) is 12.2 Å². The van der Waals surface area contributed by atoms with Crippen molar-refractivity contribution in [3.63, 3.8) is 0 Å². The van der Waals surface area contributed by atoms with E-state index in [9.17, 15) is 18.0 Å². The van der Waals surface area contributed by atoms with Crippen LogP contribution >= 0.6 is 11.6 Å². The van der Waals surface area contributed by atoms with Gasteiger partial charge in [-0.15, -0.1) is 0 Å². The number of hydrogen-bond donors (Lipinski definition) is 1. The SMILES string of the molecule is O=C(c1ccc(CN2C(=O)Nc3ccc(Cl)cc3S2(=O)=O)cc1)N1CCN(C2CCCCC2)CC1. The molecule has 10 heteroatoms. The number of halogens is 1. The standard InChI is InChI=1S/C25H29ClN4O4S/c26-20-10-11-22-23(16-20)35(33,34)30(25(32)27-22)17-18-6-8-19(9-7-18)24(31)29-14-12-28(13-15-29)21-4-2-1-3-5-21/h6-11,16,21H,1-5,12-15,17H2,(H,27,32). The zero-order valence-corrected chi connectivity index (χ0v) is 21.0. The van der Waals surface area contributed by atoms with Gasteiger partial charge >= 0.3 is 6.03 Å². The lowest BCUT2D eigenvalue weighted by atomic mass is 9.94. The molecule has 1 N–H and O–H groups in total. The minimum atomic E-state index is -4.05. The third kappa shape index (κ3) is 4.90. The second kappa shape index (κ2) is 9.79. The second-order valence-corrected chi connectivity index (χ2v) is 11.7. The Kier molecular flexibility index (Phi) is 6.74. The highest BCUT2D eigenvalue weighted by molar-refractivity contribution is 7.90. The van der Waals surface area contributed by atoms with Crippen LogP contribution in [0.2, 0.25) is 5.02 Å². The zero-order chi connectivity index (χ0) is 24.6. The van der Waals surface area contributed by atoms with Gasteiger partial charge in [-0.25, -0.2) is 17.5 Å². The van der Waals surface area contributed by atoms with Gasteiger partial charge in [0.2, 0.25) is 0 Å². The van der Waals surface area contributed by atoms with Crippen LogP contribution in [-0.4, -0.2) is 66.7 Å². The number of benzene rings is 2. The lowest BCUT2D eigenvalue weighted by Crippen LogP contribution is -2.52. The summed E-state index contributed by atoms with van der Waals surface area (Å²) in [5.41, 5.74) is 1.37. The van der Waals surface area contributed by atoms with Gasteiger partial charge in [-0.05, 0) is 48.7 Å². The Bertz CT molecular complexity index is 1220. The topological polar surface area (TPSA) is 90.0 Å². The summed E-state index contributed by atoms with van der Waals surface area (Å²) in [5.74, 6) is -0.0215. The summed E-state index contributed by atoms with van der Waals surface area (Å²) in [6, 6.07) is 11.0. The Morgan fingerprint density at radius 1 is 0.971 bits per heavy atom. The second-order valence-electron chi connectivity index (χ2n) is 9.40. The predicted molar refractivity (Wildman–Crippen MR) is 134 cm³/mol. The number of anilines is 1. The van der Waals surface area contributed by atoms with E-state index in [1.807, 2.05) is 4.90 Å². The fourth-order valence-corrected chi connectivity index (χ4v) is 6.94. The lowest BCUT2D eigenvalue weighted by molar-refractivity contribution is 0.0523. The molecule has 1 saturated heterocycles. The van der Waals surface area contributed by atoms with Crippen LogP contribution in [0.4, 0.5) is 10.5 Å². The first kappa shape index (κ1) is 24.1. The number of amides is 3. The molecule has 2 aromatic carbocycles. The molecule has 186 valence electrons. The average Bonchev–Trinajstić information content (AvgIpc) is 2.88. The van der Waals surface area contributed by atoms with E-state index >= 15 is 0 Å². The van der Waals surface area contributed by atoms with Crippen LogP contribution < -0.4 is 5.32 Å². The van der Waals surface area contributed by atoms with Crippen LogP contribution in [0.25, 0.3) is 0 Å². The summed E-state index contributed by atoms with van der Waals surface area (Å²) in [6.07, 6.45) is 6.46. The van der Waals surface area contributed by atoms with Crippen LogP contribution in [0, 0.1) is 0 Å². The molecule has 1 saturated carbocycles. The maximum atomic E-state index is 13.0. The van der Waals surface area contributed by atoms with Crippen molar-refractivity contribution in [1.29, 1.82) is 0 Å². The molecule has 0 unspecified atom stereocenters. The molecule has 0 radical (unpaired) electrons. The molecule has 2 aliphatic heterocycles. The fourth-order valence-electron chi connectivity index (χ4n) is 5.21. The van der Waals surface area contributed by atoms with Gasteiger partial charge in [0, 0.05) is 42.8 Å². The minimum absolute atomic E-state index is 0.0215. The molecule has 3 aliphatic rings. The van der Waals surface area contributed by atoms with Crippen LogP contribution in [0.5, 0.6) is 0 Å². The number of nitrogens with one attached hydrogen (secondary N) is 1. The molecule has 5 rings (SSSR count). The molecule has 2 fully saturated rings. The quantitative estimate of drug-likeness (QED) is 0.658. The summed E-state index contributed by atoms with van der Waals surface area (Å²) in [7, 11) is -4.05. The highest BCUT2D eigenvalue weighted by atomic mass is 35.5. The van der Waals surface area contributed by atoms with Gasteiger partial charge in [0.1, 0.15) is 4.90 Å². The summed E-state index contributed by atoms with van der Waals surface area (Å²) < 4.78 is 26.9. The number of sulfonamides is 1. The highest BCUT2D eigenvalue weighted by Crippen LogP contribution is 2.33. The van der Waals surface area contributed by atoms with Crippen molar-refractivity contribution >= 4 is 39.2 Å². The summed E-state index contributed by atoms with van der Waals surface area (Å²) >= 11 is 5.97. The number of piperazine rings is 1. The molecule has 8 nitrogen and oxygen atoms in total. The first-order chi connectivity index (χ1) is 16.8. The molecule has 3 amide bonds. The van der Waals surface area contributed by atoms with E-state index < -0.39 is 16.1 Å². The van der Waals surface area contributed by atoms with Crippen molar-refractivity contribution < 1.29 is 18.0 Å². The van der Waals surface area contributed by atoms with Gasteiger partial charge in [-0.2, -0.15) is 0 Å². The molecule has 35 heavy (non-hydrogen) atoms. The Balaban J connectivity index is 1.23. The zero-order valence-electron chi connectivity index (χ0n) is 19.5. The first-order valence-corrected chi connectivity index (χ1v) is 13.9. The molecule has 0 spiro atoms. The van der Waals surface area contributed by atoms with Crippen LogP contribution in [0.1, 0.15) is 48.0 Å². The Morgan fingerprint density at radius 2 is 1.66 bits per heavy atom. The van der Waals surface area contributed by atoms with Gasteiger partial charge in [-0.1, -0.05) is 43.0 Å². The molecule has 2 aromatic rings. The number of urea groups is 1. The van der Waals surface area contributed by atoms with E-state index in [0.717, 1.165) is 17.4 Å². The van der Waals surface area contributed by atoms with Gasteiger partial charge in [0.25, 0.3) is 15.9 Å². The van der Waals surface area contributed by atoms with Crippen molar-refractivity contribution in [3.8, 4) is 0 Å². The molecule has 0 atom stereocenters. The predicted octanol–water partition coefficient (Wildman–Crippen LogP) is 4.17. The van der Waals surface area contributed by atoms with Crippen molar-refractivity contribution in [2.24, 2.45) is 0 Å². The maximum Gasteiger partial charge on any atom is 0.336 e. The molecule has 0 aromatic heterocycles. The number of carbonyl (C=O) groups is 2. The highest BCUT2D eigenvalue weighted by Gasteiger charge is 2.37. The van der Waals surface area contributed by atoms with Crippen LogP contribution in [0.15, 0.2) is 47.4 Å².